The number of benzene rings is 4. The molecule has 0 saturated carbocycles. The number of fused-ring (bicyclic) bond motifs is 1. The quantitative estimate of drug-likeness (QED) is 0.346. The van der Waals surface area contributed by atoms with Gasteiger partial charge in [-0.25, -0.2) is 8.42 Å². The van der Waals surface area contributed by atoms with Crippen molar-refractivity contribution < 1.29 is 17.9 Å². The molecular formula is C28H28N2O4S. The van der Waals surface area contributed by atoms with Crippen molar-refractivity contribution in [1.29, 1.82) is 0 Å². The Balaban J connectivity index is 1.72. The van der Waals surface area contributed by atoms with E-state index >= 15 is 0 Å². The van der Waals surface area contributed by atoms with Gasteiger partial charge in [-0.2, -0.15) is 0 Å². The van der Waals surface area contributed by atoms with Gasteiger partial charge >= 0.3 is 0 Å². The van der Waals surface area contributed by atoms with Gasteiger partial charge in [-0.15, -0.1) is 0 Å². The zero-order chi connectivity index (χ0) is 25.0. The van der Waals surface area contributed by atoms with Crippen molar-refractivity contribution >= 4 is 38.1 Å². The summed E-state index contributed by atoms with van der Waals surface area (Å²) >= 11 is 0. The lowest BCUT2D eigenvalue weighted by molar-refractivity contribution is -0.114. The Morgan fingerprint density at radius 2 is 1.63 bits per heavy atom. The molecule has 7 heteroatoms. The Bertz CT molecular complexity index is 1460. The highest BCUT2D eigenvalue weighted by molar-refractivity contribution is 7.93. The van der Waals surface area contributed by atoms with Gasteiger partial charge in [0.05, 0.1) is 17.2 Å². The first-order chi connectivity index (χ1) is 16.8. The van der Waals surface area contributed by atoms with Crippen LogP contribution in [0, 0.1) is 13.8 Å². The van der Waals surface area contributed by atoms with Crippen LogP contribution in [0.15, 0.2) is 89.8 Å². The van der Waals surface area contributed by atoms with E-state index in [4.69, 9.17) is 4.74 Å². The molecule has 6 nitrogen and oxygen atoms in total. The Morgan fingerprint density at radius 1 is 0.914 bits per heavy atom. The molecular weight excluding hydrogens is 460 g/mol. The summed E-state index contributed by atoms with van der Waals surface area (Å²) < 4.78 is 34.7. The average molecular weight is 489 g/mol. The van der Waals surface area contributed by atoms with Gasteiger partial charge in [0.2, 0.25) is 5.91 Å². The van der Waals surface area contributed by atoms with E-state index in [1.54, 1.807) is 54.6 Å². The van der Waals surface area contributed by atoms with Gasteiger partial charge in [-0.3, -0.25) is 9.10 Å². The number of nitrogens with zero attached hydrogens (tertiary/aromatic N) is 1. The fourth-order valence-corrected chi connectivity index (χ4v) is 5.76. The number of nitrogens with one attached hydrogen (secondary N) is 1. The molecule has 0 aromatic heterocycles. The molecule has 0 saturated heterocycles. The maximum Gasteiger partial charge on any atom is 0.265 e. The van der Waals surface area contributed by atoms with Gasteiger partial charge in [0.15, 0.2) is 0 Å². The highest BCUT2D eigenvalue weighted by Gasteiger charge is 2.29. The van der Waals surface area contributed by atoms with Crippen LogP contribution in [0.5, 0.6) is 5.75 Å². The molecule has 35 heavy (non-hydrogen) atoms. The molecule has 4 aromatic rings. The second-order valence-electron chi connectivity index (χ2n) is 8.28. The lowest BCUT2D eigenvalue weighted by Crippen LogP contribution is -2.38. The first-order valence-corrected chi connectivity index (χ1v) is 12.8. The number of anilines is 2. The van der Waals surface area contributed by atoms with Gasteiger partial charge in [0.1, 0.15) is 12.3 Å². The number of amides is 1. The zero-order valence-electron chi connectivity index (χ0n) is 20.0. The number of sulfonamides is 1. The number of aryl methyl sites for hydroxylation is 2. The minimum atomic E-state index is -4.06. The maximum absolute atomic E-state index is 14.0. The predicted molar refractivity (Wildman–Crippen MR) is 141 cm³/mol. The number of carbonyl (C=O) groups is 1. The van der Waals surface area contributed by atoms with Crippen molar-refractivity contribution in [3.63, 3.8) is 0 Å². The normalized spacial score (nSPS) is 11.3. The Hall–Kier alpha value is -3.84. The minimum Gasteiger partial charge on any atom is -0.494 e. The molecule has 0 aliphatic heterocycles. The number of rotatable bonds is 8. The molecule has 1 N–H and O–H groups in total. The standard InChI is InChI=1S/C28H28N2O4S/c1-4-34-24-15-13-23(14-16-24)29-28(31)19-30(26-17-12-20(2)18-21(26)3)35(32,33)27-11-7-9-22-8-5-6-10-25(22)27/h5-18H,4,19H2,1-3H3,(H,29,31). The van der Waals surface area contributed by atoms with Gasteiger partial charge in [0, 0.05) is 11.1 Å². The maximum atomic E-state index is 14.0. The third kappa shape index (κ3) is 5.30. The third-order valence-electron chi connectivity index (χ3n) is 5.67. The predicted octanol–water partition coefficient (Wildman–Crippen LogP) is 5.69. The molecule has 4 rings (SSSR count). The van der Waals surface area contributed by atoms with Gasteiger partial charge in [-0.1, -0.05) is 54.1 Å². The summed E-state index contributed by atoms with van der Waals surface area (Å²) in [5.74, 6) is 0.249. The van der Waals surface area contributed by atoms with Crippen molar-refractivity contribution in [1.82, 2.24) is 0 Å². The van der Waals surface area contributed by atoms with Crippen molar-refractivity contribution in [2.24, 2.45) is 0 Å². The van der Waals surface area contributed by atoms with Gasteiger partial charge in [0.25, 0.3) is 10.0 Å². The zero-order valence-corrected chi connectivity index (χ0v) is 20.8. The van der Waals surface area contributed by atoms with Crippen molar-refractivity contribution in [2.45, 2.75) is 25.7 Å². The second-order valence-corrected chi connectivity index (χ2v) is 10.1. The monoisotopic (exact) mass is 488 g/mol. The smallest absolute Gasteiger partial charge is 0.265 e. The number of hydrogen-bond acceptors (Lipinski definition) is 4. The van der Waals surface area contributed by atoms with Crippen LogP contribution < -0.4 is 14.4 Å². The molecule has 0 fully saturated rings. The summed E-state index contributed by atoms with van der Waals surface area (Å²) in [6.45, 7) is 5.86. The molecule has 0 heterocycles. The fraction of sp³-hybridized carbons (Fsp3) is 0.179. The van der Waals surface area contributed by atoms with Crippen LogP contribution in [0.1, 0.15) is 18.1 Å². The molecule has 0 aliphatic rings. The molecule has 0 bridgehead atoms. The second kappa shape index (κ2) is 10.2. The van der Waals surface area contributed by atoms with Gasteiger partial charge < -0.3 is 10.1 Å². The van der Waals surface area contributed by atoms with E-state index in [1.807, 2.05) is 51.1 Å². The summed E-state index contributed by atoms with van der Waals surface area (Å²) in [7, 11) is -4.06. The van der Waals surface area contributed by atoms with Crippen molar-refractivity contribution in [3.8, 4) is 5.75 Å². The lowest BCUT2D eigenvalue weighted by atomic mass is 10.1. The summed E-state index contributed by atoms with van der Waals surface area (Å²) in [6.07, 6.45) is 0. The number of ether oxygens (including phenoxy) is 1. The average Bonchev–Trinajstić information content (AvgIpc) is 2.84. The van der Waals surface area contributed by atoms with E-state index in [2.05, 4.69) is 5.32 Å². The first kappa shape index (κ1) is 24.3. The molecule has 1 amide bonds. The van der Waals surface area contributed by atoms with Crippen LogP contribution in [0.2, 0.25) is 0 Å². The molecule has 0 unspecified atom stereocenters. The van der Waals surface area contributed by atoms with Crippen molar-refractivity contribution in [2.75, 3.05) is 22.8 Å². The van der Waals surface area contributed by atoms with Crippen LogP contribution in [-0.4, -0.2) is 27.5 Å². The van der Waals surface area contributed by atoms with Crippen LogP contribution >= 0.6 is 0 Å². The number of carbonyl (C=O) groups excluding carboxylic acids is 1. The SMILES string of the molecule is CCOc1ccc(NC(=O)CN(c2ccc(C)cc2C)S(=O)(=O)c2cccc3ccccc23)cc1. The van der Waals surface area contributed by atoms with Gasteiger partial charge in [-0.05, 0) is 68.1 Å². The van der Waals surface area contributed by atoms with Crippen LogP contribution in [0.3, 0.4) is 0 Å². The molecule has 0 aliphatic carbocycles. The highest BCUT2D eigenvalue weighted by atomic mass is 32.2. The van der Waals surface area contributed by atoms with E-state index in [9.17, 15) is 13.2 Å². The Morgan fingerprint density at radius 3 is 2.34 bits per heavy atom. The minimum absolute atomic E-state index is 0.157. The van der Waals surface area contributed by atoms with Crippen molar-refractivity contribution in [3.05, 3.63) is 96.1 Å². The highest BCUT2D eigenvalue weighted by Crippen LogP contribution is 2.31. The fourth-order valence-electron chi connectivity index (χ4n) is 4.06. The molecule has 0 spiro atoms. The topological polar surface area (TPSA) is 75.7 Å². The Kier molecular flexibility index (Phi) is 7.07. The summed E-state index contributed by atoms with van der Waals surface area (Å²) in [5.41, 5.74) is 2.79. The lowest BCUT2D eigenvalue weighted by Gasteiger charge is -2.26. The van der Waals surface area contributed by atoms with E-state index in [1.165, 1.54) is 4.31 Å². The number of hydrogen-bond donors (Lipinski definition) is 1. The largest absolute Gasteiger partial charge is 0.494 e. The molecule has 0 atom stereocenters. The molecule has 0 radical (unpaired) electrons. The molecule has 180 valence electrons. The summed E-state index contributed by atoms with van der Waals surface area (Å²) in [6, 6.07) is 25.0. The summed E-state index contributed by atoms with van der Waals surface area (Å²) in [5, 5.41) is 4.22. The van der Waals surface area contributed by atoms with Crippen LogP contribution in [0.4, 0.5) is 11.4 Å². The first-order valence-electron chi connectivity index (χ1n) is 11.4. The van der Waals surface area contributed by atoms with E-state index in [0.717, 1.165) is 16.5 Å². The van der Waals surface area contributed by atoms with Crippen LogP contribution in [0.25, 0.3) is 10.8 Å². The summed E-state index contributed by atoms with van der Waals surface area (Å²) in [4.78, 5) is 13.2. The van der Waals surface area contributed by atoms with E-state index in [-0.39, 0.29) is 11.4 Å². The van der Waals surface area contributed by atoms with E-state index < -0.39 is 15.9 Å². The third-order valence-corrected chi connectivity index (χ3v) is 7.49. The van der Waals surface area contributed by atoms with Crippen LogP contribution in [-0.2, 0) is 14.8 Å². The van der Waals surface area contributed by atoms with E-state index in [0.29, 0.717) is 29.1 Å². The molecule has 4 aromatic carbocycles. The Labute approximate surface area is 206 Å².